The van der Waals surface area contributed by atoms with Gasteiger partial charge in [0, 0.05) is 43.4 Å². The van der Waals surface area contributed by atoms with E-state index in [1.54, 1.807) is 53.7 Å². The number of nitrogens with zero attached hydrogens (tertiary/aromatic N) is 6. The molecule has 0 aliphatic carbocycles. The molecule has 9 nitrogen and oxygen atoms in total. The van der Waals surface area contributed by atoms with Gasteiger partial charge in [0.2, 0.25) is 5.78 Å². The van der Waals surface area contributed by atoms with E-state index in [0.717, 1.165) is 11.1 Å². The van der Waals surface area contributed by atoms with Crippen molar-refractivity contribution in [3.05, 3.63) is 107 Å². The number of nitrogens with one attached hydrogen (secondary N) is 1. The van der Waals surface area contributed by atoms with Crippen molar-refractivity contribution >= 4 is 28.7 Å². The van der Waals surface area contributed by atoms with Crippen LogP contribution in [0.4, 0.5) is 0 Å². The van der Waals surface area contributed by atoms with Crippen LogP contribution in [-0.4, -0.2) is 35.0 Å². The Morgan fingerprint density at radius 2 is 1.76 bits per heavy atom. The molecule has 0 atom stereocenters. The van der Waals surface area contributed by atoms with Crippen molar-refractivity contribution in [3.8, 4) is 0 Å². The topological polar surface area (TPSA) is 107 Å². The number of carbonyl (C=O) groups excluding carboxylic acids is 1. The number of hydrogen-bond donors (Lipinski definition) is 1. The maximum Gasteiger partial charge on any atom is 0.263 e. The molecule has 33 heavy (non-hydrogen) atoms. The van der Waals surface area contributed by atoms with Gasteiger partial charge in [-0.2, -0.15) is 0 Å². The minimum absolute atomic E-state index is 0.242. The van der Waals surface area contributed by atoms with Crippen LogP contribution in [0.3, 0.4) is 0 Å². The lowest BCUT2D eigenvalue weighted by Crippen LogP contribution is -2.25. The number of hydrogen-bond acceptors (Lipinski definition) is 6. The highest BCUT2D eigenvalue weighted by Gasteiger charge is 2.14. The fourth-order valence-electron chi connectivity index (χ4n) is 3.60. The third-order valence-corrected chi connectivity index (χ3v) is 5.27. The van der Waals surface area contributed by atoms with E-state index in [2.05, 4.69) is 25.5 Å². The summed E-state index contributed by atoms with van der Waals surface area (Å²) in [5.74, 6) is 0.169. The normalized spacial score (nSPS) is 11.4. The largest absolute Gasteiger partial charge is 0.348 e. The van der Waals surface area contributed by atoms with Crippen LogP contribution >= 0.6 is 0 Å². The van der Waals surface area contributed by atoms with Crippen molar-refractivity contribution < 1.29 is 4.79 Å². The Hall–Kier alpha value is -4.66. The van der Waals surface area contributed by atoms with E-state index in [9.17, 15) is 9.59 Å². The third kappa shape index (κ3) is 4.11. The Morgan fingerprint density at radius 3 is 2.55 bits per heavy atom. The lowest BCUT2D eigenvalue weighted by Gasteiger charge is -2.10. The van der Waals surface area contributed by atoms with Gasteiger partial charge in [-0.25, -0.2) is 0 Å². The SMILES string of the molecule is O=C(NCc1ccncc1)c1ccc2c(c1)c(=O)n(CC=Cc1ccncc1)c1nncn21. The Kier molecular flexibility index (Phi) is 5.42. The number of benzene rings is 1. The quantitative estimate of drug-likeness (QED) is 0.437. The Balaban J connectivity index is 1.48. The first kappa shape index (κ1) is 20.3. The predicted molar refractivity (Wildman–Crippen MR) is 123 cm³/mol. The summed E-state index contributed by atoms with van der Waals surface area (Å²) < 4.78 is 3.28. The molecule has 0 radical (unpaired) electrons. The molecule has 1 amide bonds. The molecule has 0 aliphatic heterocycles. The van der Waals surface area contributed by atoms with Gasteiger partial charge in [-0.3, -0.25) is 28.5 Å². The van der Waals surface area contributed by atoms with Crippen LogP contribution in [0.15, 0.2) is 84.4 Å². The number of pyridine rings is 2. The van der Waals surface area contributed by atoms with E-state index < -0.39 is 0 Å². The molecule has 0 fully saturated rings. The summed E-state index contributed by atoms with van der Waals surface area (Å²) in [6.45, 7) is 0.672. The third-order valence-electron chi connectivity index (χ3n) is 5.27. The molecule has 0 saturated heterocycles. The van der Waals surface area contributed by atoms with E-state index in [0.29, 0.717) is 35.3 Å². The summed E-state index contributed by atoms with van der Waals surface area (Å²) in [4.78, 5) is 34.0. The second-order valence-electron chi connectivity index (χ2n) is 7.37. The molecule has 5 rings (SSSR count). The standard InChI is InChI=1S/C24H19N7O2/c32-22(27-15-18-7-11-26-12-8-18)19-3-4-21-20(14-19)23(33)30(24-29-28-16-31(21)24)13-1-2-17-5-9-25-10-6-17/h1-12,14,16H,13,15H2,(H,27,32). The lowest BCUT2D eigenvalue weighted by molar-refractivity contribution is 0.0951. The summed E-state index contributed by atoms with van der Waals surface area (Å²) in [5.41, 5.74) is 2.71. The van der Waals surface area contributed by atoms with Crippen LogP contribution < -0.4 is 10.9 Å². The average Bonchev–Trinajstić information content (AvgIpc) is 3.35. The average molecular weight is 437 g/mol. The molecule has 1 aromatic carbocycles. The molecule has 0 spiro atoms. The van der Waals surface area contributed by atoms with Crippen molar-refractivity contribution in [1.29, 1.82) is 0 Å². The van der Waals surface area contributed by atoms with Gasteiger partial charge in [0.15, 0.2) is 0 Å². The zero-order valence-corrected chi connectivity index (χ0v) is 17.5. The highest BCUT2D eigenvalue weighted by Crippen LogP contribution is 2.15. The maximum atomic E-state index is 13.3. The fourth-order valence-corrected chi connectivity index (χ4v) is 3.60. The van der Waals surface area contributed by atoms with E-state index in [-0.39, 0.29) is 11.5 Å². The predicted octanol–water partition coefficient (Wildman–Crippen LogP) is 2.48. The molecule has 9 heteroatoms. The summed E-state index contributed by atoms with van der Waals surface area (Å²) >= 11 is 0. The summed E-state index contributed by atoms with van der Waals surface area (Å²) in [6.07, 6.45) is 12.1. The smallest absolute Gasteiger partial charge is 0.263 e. The fraction of sp³-hybridized carbons (Fsp3) is 0.0833. The number of amides is 1. The van der Waals surface area contributed by atoms with Crippen LogP contribution in [0.1, 0.15) is 21.5 Å². The van der Waals surface area contributed by atoms with Gasteiger partial charge >= 0.3 is 0 Å². The summed E-state index contributed by atoms with van der Waals surface area (Å²) in [5, 5.41) is 11.4. The number of fused-ring (bicyclic) bond motifs is 3. The van der Waals surface area contributed by atoms with Crippen molar-refractivity contribution in [2.45, 2.75) is 13.1 Å². The molecule has 4 aromatic heterocycles. The Labute approximate surface area is 188 Å². The van der Waals surface area contributed by atoms with E-state index in [1.807, 2.05) is 36.4 Å². The first-order valence-electron chi connectivity index (χ1n) is 10.3. The summed E-state index contributed by atoms with van der Waals surface area (Å²) in [6, 6.07) is 12.5. The number of allylic oxidation sites excluding steroid dienone is 1. The van der Waals surface area contributed by atoms with Crippen LogP contribution in [0.5, 0.6) is 0 Å². The minimum atomic E-state index is -0.263. The van der Waals surface area contributed by atoms with Crippen molar-refractivity contribution in [2.75, 3.05) is 0 Å². The number of carbonyl (C=O) groups is 1. The van der Waals surface area contributed by atoms with E-state index in [4.69, 9.17) is 0 Å². The number of rotatable bonds is 6. The molecule has 5 aromatic rings. The molecule has 4 heterocycles. The Bertz CT molecular complexity index is 1520. The van der Waals surface area contributed by atoms with Gasteiger partial charge in [-0.05, 0) is 53.6 Å². The van der Waals surface area contributed by atoms with Crippen LogP contribution in [-0.2, 0) is 13.1 Å². The maximum absolute atomic E-state index is 13.3. The van der Waals surface area contributed by atoms with Gasteiger partial charge in [0.05, 0.1) is 10.9 Å². The second-order valence-corrected chi connectivity index (χ2v) is 7.37. The Morgan fingerprint density at radius 1 is 1.00 bits per heavy atom. The highest BCUT2D eigenvalue weighted by molar-refractivity contribution is 5.98. The van der Waals surface area contributed by atoms with Gasteiger partial charge in [-0.15, -0.1) is 10.2 Å². The highest BCUT2D eigenvalue weighted by atomic mass is 16.1. The minimum Gasteiger partial charge on any atom is -0.348 e. The zero-order valence-electron chi connectivity index (χ0n) is 17.5. The van der Waals surface area contributed by atoms with Crippen molar-refractivity contribution in [2.24, 2.45) is 0 Å². The molecule has 0 saturated carbocycles. The van der Waals surface area contributed by atoms with E-state index >= 15 is 0 Å². The second kappa shape index (κ2) is 8.83. The number of aromatic nitrogens is 6. The molecular formula is C24H19N7O2. The van der Waals surface area contributed by atoms with Gasteiger partial charge in [0.1, 0.15) is 6.33 Å². The molecule has 1 N–H and O–H groups in total. The van der Waals surface area contributed by atoms with Gasteiger partial charge in [0.25, 0.3) is 11.5 Å². The van der Waals surface area contributed by atoms with Crippen LogP contribution in [0, 0.1) is 0 Å². The lowest BCUT2D eigenvalue weighted by atomic mass is 10.1. The zero-order chi connectivity index (χ0) is 22.6. The molecule has 0 aliphatic rings. The summed E-state index contributed by atoms with van der Waals surface area (Å²) in [7, 11) is 0. The van der Waals surface area contributed by atoms with Crippen LogP contribution in [0.2, 0.25) is 0 Å². The van der Waals surface area contributed by atoms with Gasteiger partial charge < -0.3 is 5.32 Å². The van der Waals surface area contributed by atoms with Crippen molar-refractivity contribution in [3.63, 3.8) is 0 Å². The molecule has 162 valence electrons. The first-order chi connectivity index (χ1) is 16.2. The van der Waals surface area contributed by atoms with Crippen LogP contribution in [0.25, 0.3) is 22.8 Å². The molecule has 0 bridgehead atoms. The van der Waals surface area contributed by atoms with Gasteiger partial charge in [-0.1, -0.05) is 12.2 Å². The first-order valence-corrected chi connectivity index (χ1v) is 10.3. The molecule has 0 unspecified atom stereocenters. The molecular weight excluding hydrogens is 418 g/mol. The van der Waals surface area contributed by atoms with Crippen molar-refractivity contribution in [1.82, 2.24) is 34.4 Å². The van der Waals surface area contributed by atoms with E-state index in [1.165, 1.54) is 4.57 Å². The monoisotopic (exact) mass is 437 g/mol.